The Labute approximate surface area is 203 Å². The van der Waals surface area contributed by atoms with Crippen molar-refractivity contribution in [2.24, 2.45) is 0 Å². The zero-order valence-corrected chi connectivity index (χ0v) is 20.1. The van der Waals surface area contributed by atoms with E-state index in [0.717, 1.165) is 22.0 Å². The van der Waals surface area contributed by atoms with E-state index in [9.17, 15) is 4.79 Å². The van der Waals surface area contributed by atoms with Crippen LogP contribution in [0, 0.1) is 0 Å². The standard InChI is InChI=1S/C27H27ClN2O4/c1-17(34-19-13-11-18(28)12-14-19)27(31)30-16-23(21-8-6-10-25(32-2)26(21)33-3)22-15-29-24-9-5-4-7-20(22)24/h4-15,17,23,29H,16H2,1-3H3,(H,30,31). The van der Waals surface area contributed by atoms with Gasteiger partial charge in [-0.25, -0.2) is 0 Å². The van der Waals surface area contributed by atoms with Crippen molar-refractivity contribution in [3.8, 4) is 17.2 Å². The quantitative estimate of drug-likeness (QED) is 0.330. The molecule has 0 radical (unpaired) electrons. The van der Waals surface area contributed by atoms with E-state index in [1.165, 1.54) is 0 Å². The fraction of sp³-hybridized carbons (Fsp3) is 0.222. The summed E-state index contributed by atoms with van der Waals surface area (Å²) in [5.41, 5.74) is 2.99. The maximum atomic E-state index is 12.9. The highest BCUT2D eigenvalue weighted by molar-refractivity contribution is 6.30. The molecular weight excluding hydrogens is 452 g/mol. The molecule has 0 saturated heterocycles. The van der Waals surface area contributed by atoms with E-state index in [1.807, 2.05) is 42.6 Å². The molecule has 2 N–H and O–H groups in total. The van der Waals surface area contributed by atoms with Crippen LogP contribution in [0.15, 0.2) is 72.9 Å². The number of halogens is 1. The van der Waals surface area contributed by atoms with Crippen LogP contribution in [-0.2, 0) is 4.79 Å². The van der Waals surface area contributed by atoms with Crippen molar-refractivity contribution >= 4 is 28.4 Å². The van der Waals surface area contributed by atoms with Crippen LogP contribution in [0.3, 0.4) is 0 Å². The van der Waals surface area contributed by atoms with Crippen LogP contribution in [0.5, 0.6) is 17.2 Å². The Balaban J connectivity index is 1.62. The number of hydrogen-bond acceptors (Lipinski definition) is 4. The third-order valence-electron chi connectivity index (χ3n) is 5.78. The van der Waals surface area contributed by atoms with Gasteiger partial charge in [0.25, 0.3) is 5.91 Å². The van der Waals surface area contributed by atoms with Crippen LogP contribution in [0.25, 0.3) is 10.9 Å². The van der Waals surface area contributed by atoms with E-state index >= 15 is 0 Å². The normalized spacial score (nSPS) is 12.7. The molecule has 6 nitrogen and oxygen atoms in total. The maximum Gasteiger partial charge on any atom is 0.260 e. The molecule has 1 heterocycles. The Bertz CT molecular complexity index is 1270. The number of carbonyl (C=O) groups excluding carboxylic acids is 1. The molecule has 0 fully saturated rings. The van der Waals surface area contributed by atoms with Gasteiger partial charge in [-0.15, -0.1) is 0 Å². The Morgan fingerprint density at radius 3 is 2.47 bits per heavy atom. The number of nitrogens with one attached hydrogen (secondary N) is 2. The van der Waals surface area contributed by atoms with Gasteiger partial charge in [-0.3, -0.25) is 4.79 Å². The van der Waals surface area contributed by atoms with Gasteiger partial charge in [0.1, 0.15) is 5.75 Å². The van der Waals surface area contributed by atoms with E-state index in [0.29, 0.717) is 28.8 Å². The number of hydrogen-bond donors (Lipinski definition) is 2. The first-order chi connectivity index (χ1) is 16.5. The fourth-order valence-corrected chi connectivity index (χ4v) is 4.20. The Kier molecular flexibility index (Phi) is 7.28. The monoisotopic (exact) mass is 478 g/mol. The summed E-state index contributed by atoms with van der Waals surface area (Å²) in [6.07, 6.45) is 1.30. The predicted molar refractivity (Wildman–Crippen MR) is 134 cm³/mol. The summed E-state index contributed by atoms with van der Waals surface area (Å²) in [4.78, 5) is 16.3. The lowest BCUT2D eigenvalue weighted by molar-refractivity contribution is -0.127. The van der Waals surface area contributed by atoms with Gasteiger partial charge < -0.3 is 24.5 Å². The number of carbonyl (C=O) groups is 1. The fourth-order valence-electron chi connectivity index (χ4n) is 4.07. The number of amides is 1. The molecule has 0 aliphatic heterocycles. The van der Waals surface area contributed by atoms with Crippen molar-refractivity contribution in [3.63, 3.8) is 0 Å². The minimum Gasteiger partial charge on any atom is -0.493 e. The SMILES string of the molecule is COc1cccc(C(CNC(=O)C(C)Oc2ccc(Cl)cc2)c2c[nH]c3ccccc23)c1OC. The second-order valence-electron chi connectivity index (χ2n) is 7.88. The van der Waals surface area contributed by atoms with Gasteiger partial charge >= 0.3 is 0 Å². The van der Waals surface area contributed by atoms with Crippen molar-refractivity contribution < 1.29 is 19.0 Å². The van der Waals surface area contributed by atoms with Crippen molar-refractivity contribution in [1.82, 2.24) is 10.3 Å². The van der Waals surface area contributed by atoms with Crippen LogP contribution in [0.1, 0.15) is 24.0 Å². The Morgan fingerprint density at radius 1 is 0.971 bits per heavy atom. The lowest BCUT2D eigenvalue weighted by atomic mass is 9.89. The highest BCUT2D eigenvalue weighted by Crippen LogP contribution is 2.40. The van der Waals surface area contributed by atoms with Gasteiger partial charge in [-0.05, 0) is 48.9 Å². The van der Waals surface area contributed by atoms with Gasteiger partial charge in [0.05, 0.1) is 14.2 Å². The Morgan fingerprint density at radius 2 is 1.74 bits per heavy atom. The zero-order chi connectivity index (χ0) is 24.1. The Hall–Kier alpha value is -3.64. The number of aromatic nitrogens is 1. The number of H-pyrrole nitrogens is 1. The van der Waals surface area contributed by atoms with Crippen molar-refractivity contribution in [2.45, 2.75) is 18.9 Å². The van der Waals surface area contributed by atoms with E-state index in [1.54, 1.807) is 45.4 Å². The molecule has 176 valence electrons. The van der Waals surface area contributed by atoms with Gasteiger partial charge in [-0.2, -0.15) is 0 Å². The molecule has 34 heavy (non-hydrogen) atoms. The number of benzene rings is 3. The minimum atomic E-state index is -0.683. The van der Waals surface area contributed by atoms with E-state index in [4.69, 9.17) is 25.8 Å². The first kappa shape index (κ1) is 23.5. The largest absolute Gasteiger partial charge is 0.493 e. The summed E-state index contributed by atoms with van der Waals surface area (Å²) in [7, 11) is 3.23. The zero-order valence-electron chi connectivity index (χ0n) is 19.3. The molecule has 0 bridgehead atoms. The van der Waals surface area contributed by atoms with Gasteiger partial charge in [0.15, 0.2) is 17.6 Å². The molecule has 0 aliphatic rings. The lowest BCUT2D eigenvalue weighted by Crippen LogP contribution is -2.38. The summed E-state index contributed by atoms with van der Waals surface area (Å²) < 4.78 is 17.0. The first-order valence-electron chi connectivity index (χ1n) is 11.0. The molecule has 4 rings (SSSR count). The molecule has 2 atom stereocenters. The number of fused-ring (bicyclic) bond motifs is 1. The number of ether oxygens (including phenoxy) is 3. The van der Waals surface area contributed by atoms with Crippen LogP contribution >= 0.6 is 11.6 Å². The topological polar surface area (TPSA) is 72.6 Å². The molecule has 1 aromatic heterocycles. The van der Waals surface area contributed by atoms with Gasteiger partial charge in [0.2, 0.25) is 0 Å². The van der Waals surface area contributed by atoms with Crippen LogP contribution in [-0.4, -0.2) is 37.8 Å². The molecule has 0 saturated carbocycles. The number of aromatic amines is 1. The lowest BCUT2D eigenvalue weighted by Gasteiger charge is -2.23. The van der Waals surface area contributed by atoms with E-state index < -0.39 is 6.10 Å². The predicted octanol–water partition coefficient (Wildman–Crippen LogP) is 5.55. The first-order valence-corrected chi connectivity index (χ1v) is 11.4. The van der Waals surface area contributed by atoms with Crippen LogP contribution < -0.4 is 19.5 Å². The van der Waals surface area contributed by atoms with E-state index in [2.05, 4.69) is 16.4 Å². The average molecular weight is 479 g/mol. The summed E-state index contributed by atoms with van der Waals surface area (Å²) in [5.74, 6) is 1.44. The molecule has 0 aliphatic carbocycles. The molecule has 3 aromatic carbocycles. The highest BCUT2D eigenvalue weighted by atomic mass is 35.5. The second-order valence-corrected chi connectivity index (χ2v) is 8.32. The summed E-state index contributed by atoms with van der Waals surface area (Å²) in [6.45, 7) is 2.06. The smallest absolute Gasteiger partial charge is 0.260 e. The summed E-state index contributed by atoms with van der Waals surface area (Å²) >= 11 is 5.93. The maximum absolute atomic E-state index is 12.9. The number of para-hydroxylation sites is 2. The molecule has 2 unspecified atom stereocenters. The molecular formula is C27H27ClN2O4. The molecule has 4 aromatic rings. The van der Waals surface area contributed by atoms with Crippen molar-refractivity contribution in [3.05, 3.63) is 89.1 Å². The number of rotatable bonds is 9. The van der Waals surface area contributed by atoms with E-state index in [-0.39, 0.29) is 11.8 Å². The molecule has 1 amide bonds. The summed E-state index contributed by atoms with van der Waals surface area (Å²) in [5, 5.41) is 4.74. The second kappa shape index (κ2) is 10.5. The molecule has 0 spiro atoms. The van der Waals surface area contributed by atoms with Crippen LogP contribution in [0.2, 0.25) is 5.02 Å². The van der Waals surface area contributed by atoms with Crippen molar-refractivity contribution in [1.29, 1.82) is 0 Å². The minimum absolute atomic E-state index is 0.187. The third-order valence-corrected chi connectivity index (χ3v) is 6.03. The summed E-state index contributed by atoms with van der Waals surface area (Å²) in [6, 6.07) is 20.8. The highest BCUT2D eigenvalue weighted by Gasteiger charge is 2.25. The van der Waals surface area contributed by atoms with Crippen molar-refractivity contribution in [2.75, 3.05) is 20.8 Å². The molecule has 7 heteroatoms. The van der Waals surface area contributed by atoms with Gasteiger partial charge in [0, 0.05) is 40.1 Å². The van der Waals surface area contributed by atoms with Gasteiger partial charge in [-0.1, -0.05) is 41.9 Å². The third kappa shape index (κ3) is 4.97. The average Bonchev–Trinajstić information content (AvgIpc) is 3.29. The van der Waals surface area contributed by atoms with Crippen LogP contribution in [0.4, 0.5) is 0 Å². The number of methoxy groups -OCH3 is 2.